The summed E-state index contributed by atoms with van der Waals surface area (Å²) in [6, 6.07) is 0. The Morgan fingerprint density at radius 2 is 2.64 bits per heavy atom. The molecule has 0 spiro atoms. The Hall–Kier alpha value is -0.342. The van der Waals surface area contributed by atoms with Crippen LogP contribution in [0.1, 0.15) is 17.4 Å². The minimum atomic E-state index is -0.312. The molecule has 1 heterocycles. The van der Waals surface area contributed by atoms with Crippen LogP contribution in [0.25, 0.3) is 0 Å². The first-order chi connectivity index (χ1) is 5.25. The number of aromatic nitrogens is 1. The van der Waals surface area contributed by atoms with E-state index in [9.17, 15) is 4.79 Å². The van der Waals surface area contributed by atoms with Crippen LogP contribution in [-0.2, 0) is 4.74 Å². The molecule has 1 aromatic rings. The van der Waals surface area contributed by atoms with Gasteiger partial charge in [-0.2, -0.15) is 0 Å². The molecule has 0 saturated heterocycles. The van der Waals surface area contributed by atoms with Gasteiger partial charge in [0.15, 0.2) is 0 Å². The van der Waals surface area contributed by atoms with Crippen LogP contribution >= 0.6 is 11.3 Å². The number of rotatable bonds is 2. The molecule has 0 amide bonds. The van der Waals surface area contributed by atoms with Crippen molar-refractivity contribution >= 4 is 37.8 Å². The molecule has 0 aliphatic heterocycles. The Labute approximate surface area is 77.3 Å². The molecule has 0 bridgehead atoms. The zero-order valence-corrected chi connectivity index (χ0v) is 9.27. The van der Waals surface area contributed by atoms with E-state index in [1.807, 2.05) is 0 Å². The fraction of sp³-hybridized carbons (Fsp3) is 0.333. The average molecular weight is 233 g/mol. The summed E-state index contributed by atoms with van der Waals surface area (Å²) < 4.78 is 5.75. The van der Waals surface area contributed by atoms with Crippen molar-refractivity contribution in [1.82, 2.24) is 4.98 Å². The monoisotopic (exact) mass is 233 g/mol. The van der Waals surface area contributed by atoms with E-state index in [4.69, 9.17) is 4.74 Å². The summed E-state index contributed by atoms with van der Waals surface area (Å²) in [5, 5.41) is 0. The van der Waals surface area contributed by atoms with Gasteiger partial charge in [0, 0.05) is 0 Å². The van der Waals surface area contributed by atoms with Gasteiger partial charge in [-0.3, -0.25) is 0 Å². The van der Waals surface area contributed by atoms with E-state index in [1.165, 1.54) is 28.2 Å². The van der Waals surface area contributed by atoms with Gasteiger partial charge in [-0.05, 0) is 0 Å². The maximum atomic E-state index is 11.1. The standard InChI is InChI=1S/C6H8AsNO2S/c1-2-10-6(9)4-5(7)11-3-8-4/h3H,2,7H2,1H3. The van der Waals surface area contributed by atoms with Gasteiger partial charge in [-0.1, -0.05) is 0 Å². The van der Waals surface area contributed by atoms with Crippen LogP contribution in [0, 0.1) is 0 Å². The predicted molar refractivity (Wildman–Crippen MR) is 46.2 cm³/mol. The summed E-state index contributed by atoms with van der Waals surface area (Å²) in [5.74, 6) is -0.312. The fourth-order valence-electron chi connectivity index (χ4n) is 0.608. The molecule has 0 radical (unpaired) electrons. The Kier molecular flexibility index (Phi) is 3.09. The number of esters is 1. The normalized spacial score (nSPS) is 9.64. The number of hydrogen-bond acceptors (Lipinski definition) is 4. The first-order valence-corrected chi connectivity index (χ1v) is 5.21. The van der Waals surface area contributed by atoms with Crippen molar-refractivity contribution in [2.45, 2.75) is 6.92 Å². The Morgan fingerprint density at radius 3 is 3.09 bits per heavy atom. The summed E-state index contributed by atoms with van der Waals surface area (Å²) in [6.45, 7) is 2.19. The number of hydrogen-bond donors (Lipinski definition) is 0. The average Bonchev–Trinajstić information content (AvgIpc) is 2.36. The quantitative estimate of drug-likeness (QED) is 0.514. The van der Waals surface area contributed by atoms with Crippen molar-refractivity contribution < 1.29 is 9.53 Å². The van der Waals surface area contributed by atoms with Gasteiger partial charge in [0.05, 0.1) is 0 Å². The van der Waals surface area contributed by atoms with Gasteiger partial charge in [-0.15, -0.1) is 0 Å². The molecule has 0 saturated carbocycles. The molecular weight excluding hydrogens is 225 g/mol. The molecule has 0 aliphatic carbocycles. The third kappa shape index (κ3) is 2.04. The second-order valence-electron chi connectivity index (χ2n) is 1.79. The van der Waals surface area contributed by atoms with E-state index < -0.39 is 0 Å². The van der Waals surface area contributed by atoms with E-state index in [0.29, 0.717) is 12.3 Å². The van der Waals surface area contributed by atoms with Gasteiger partial charge in [-0.25, -0.2) is 0 Å². The van der Waals surface area contributed by atoms with Gasteiger partial charge in [0.2, 0.25) is 0 Å². The summed E-state index contributed by atoms with van der Waals surface area (Å²) >= 11 is 2.88. The molecule has 1 rings (SSSR count). The first kappa shape index (κ1) is 8.75. The number of carbonyl (C=O) groups excluding carboxylic acids is 1. The second-order valence-corrected chi connectivity index (χ2v) is 4.76. The molecule has 0 aliphatic rings. The SMILES string of the molecule is CCOC(=O)c1ncsc1[AsH2]. The molecule has 0 aromatic carbocycles. The second kappa shape index (κ2) is 3.88. The number of nitrogens with zero attached hydrogens (tertiary/aromatic N) is 1. The van der Waals surface area contributed by atoms with E-state index in [1.54, 1.807) is 12.4 Å². The van der Waals surface area contributed by atoms with Crippen molar-refractivity contribution in [2.75, 3.05) is 6.61 Å². The van der Waals surface area contributed by atoms with Crippen molar-refractivity contribution in [3.8, 4) is 0 Å². The van der Waals surface area contributed by atoms with Crippen LogP contribution in [0.15, 0.2) is 5.51 Å². The molecule has 0 fully saturated rings. The summed E-state index contributed by atoms with van der Waals surface area (Å²) in [7, 11) is 0. The van der Waals surface area contributed by atoms with Gasteiger partial charge >= 0.3 is 77.1 Å². The Bertz CT molecular complexity index is 261. The van der Waals surface area contributed by atoms with E-state index in [-0.39, 0.29) is 5.97 Å². The number of carbonyl (C=O) groups is 1. The number of ether oxygens (including phenoxy) is 1. The molecule has 60 valence electrons. The predicted octanol–water partition coefficient (Wildman–Crippen LogP) is -0.422. The van der Waals surface area contributed by atoms with Crippen molar-refractivity contribution in [1.29, 1.82) is 0 Å². The van der Waals surface area contributed by atoms with Crippen LogP contribution in [-0.4, -0.2) is 34.4 Å². The molecule has 3 nitrogen and oxygen atoms in total. The molecule has 11 heavy (non-hydrogen) atoms. The molecular formula is C6H8AsNO2S. The minimum absolute atomic E-state index is 0.312. The third-order valence-corrected chi connectivity index (χ3v) is 3.15. The van der Waals surface area contributed by atoms with Gasteiger partial charge < -0.3 is 0 Å². The van der Waals surface area contributed by atoms with Crippen LogP contribution < -0.4 is 3.66 Å². The Morgan fingerprint density at radius 1 is 1.91 bits per heavy atom. The fourth-order valence-corrected chi connectivity index (χ4v) is 1.91. The van der Waals surface area contributed by atoms with Crippen LogP contribution in [0.2, 0.25) is 0 Å². The number of thiazole rings is 1. The van der Waals surface area contributed by atoms with Crippen LogP contribution in [0.3, 0.4) is 0 Å². The zero-order chi connectivity index (χ0) is 8.27. The molecule has 1 atom stereocenters. The third-order valence-electron chi connectivity index (χ3n) is 1.06. The molecule has 0 N–H and O–H groups in total. The zero-order valence-electron chi connectivity index (χ0n) is 6.03. The first-order valence-electron chi connectivity index (χ1n) is 3.11. The van der Waals surface area contributed by atoms with Crippen molar-refractivity contribution in [3.05, 3.63) is 11.2 Å². The summed E-state index contributed by atoms with van der Waals surface area (Å²) in [6.07, 6.45) is 0. The van der Waals surface area contributed by atoms with E-state index in [0.717, 1.165) is 3.66 Å². The van der Waals surface area contributed by atoms with Crippen molar-refractivity contribution in [2.24, 2.45) is 0 Å². The molecule has 5 heteroatoms. The summed E-state index contributed by atoms with van der Waals surface area (Å²) in [4.78, 5) is 15.0. The van der Waals surface area contributed by atoms with Crippen LogP contribution in [0.4, 0.5) is 0 Å². The molecule has 1 unspecified atom stereocenters. The van der Waals surface area contributed by atoms with Gasteiger partial charge in [0.1, 0.15) is 0 Å². The van der Waals surface area contributed by atoms with Gasteiger partial charge in [0.25, 0.3) is 0 Å². The Balaban J connectivity index is 2.76. The maximum absolute atomic E-state index is 11.1. The van der Waals surface area contributed by atoms with Crippen LogP contribution in [0.5, 0.6) is 0 Å². The topological polar surface area (TPSA) is 39.2 Å². The van der Waals surface area contributed by atoms with Crippen molar-refractivity contribution in [3.63, 3.8) is 0 Å². The molecule has 1 aromatic heterocycles. The van der Waals surface area contributed by atoms with E-state index in [2.05, 4.69) is 4.98 Å². The van der Waals surface area contributed by atoms with E-state index >= 15 is 0 Å². The summed E-state index contributed by atoms with van der Waals surface area (Å²) in [5.41, 5.74) is 2.13.